The van der Waals surface area contributed by atoms with Gasteiger partial charge in [-0.05, 0) is 12.0 Å². The number of hydrogen-bond donors (Lipinski definition) is 0. The molecule has 22 heavy (non-hydrogen) atoms. The lowest BCUT2D eigenvalue weighted by atomic mass is 9.90. The molecule has 0 radical (unpaired) electrons. The quantitative estimate of drug-likeness (QED) is 0.572. The summed E-state index contributed by atoms with van der Waals surface area (Å²) in [6.07, 6.45) is -0.00655. The van der Waals surface area contributed by atoms with Gasteiger partial charge in [-0.3, -0.25) is 4.79 Å². The average Bonchev–Trinajstić information content (AvgIpc) is 2.75. The Balaban J connectivity index is 1.63. The van der Waals surface area contributed by atoms with Crippen molar-refractivity contribution in [1.82, 2.24) is 0 Å². The molecule has 0 spiro atoms. The molecular formula is C17H22O5. The standard InChI is InChI=1S/C17H22O5/c1-17(2)12-21-16(19)15(17)22-14(18)9-6-10-20-11-13-7-4-3-5-8-13/h3-5,7-8,15H,6,9-12H2,1-2H3/t15-/m0/s1. The van der Waals surface area contributed by atoms with Crippen molar-refractivity contribution in [2.45, 2.75) is 39.4 Å². The minimum atomic E-state index is -0.801. The first kappa shape index (κ1) is 16.5. The molecule has 1 saturated heterocycles. The maximum absolute atomic E-state index is 11.8. The molecule has 5 nitrogen and oxygen atoms in total. The summed E-state index contributed by atoms with van der Waals surface area (Å²) in [5.74, 6) is -0.848. The third kappa shape index (κ3) is 4.56. The van der Waals surface area contributed by atoms with Gasteiger partial charge in [-0.25, -0.2) is 4.79 Å². The molecule has 1 aromatic rings. The van der Waals surface area contributed by atoms with Gasteiger partial charge in [0, 0.05) is 18.4 Å². The summed E-state index contributed by atoms with van der Waals surface area (Å²) in [5, 5.41) is 0. The fraction of sp³-hybridized carbons (Fsp3) is 0.529. The number of esters is 2. The number of hydrogen-bond acceptors (Lipinski definition) is 5. The molecule has 1 atom stereocenters. The third-order valence-electron chi connectivity index (χ3n) is 3.54. The molecule has 1 heterocycles. The van der Waals surface area contributed by atoms with E-state index in [-0.39, 0.29) is 19.0 Å². The van der Waals surface area contributed by atoms with E-state index in [4.69, 9.17) is 14.2 Å². The van der Waals surface area contributed by atoms with Crippen molar-refractivity contribution in [2.24, 2.45) is 5.41 Å². The molecule has 120 valence electrons. The van der Waals surface area contributed by atoms with E-state index in [0.29, 0.717) is 19.6 Å². The van der Waals surface area contributed by atoms with E-state index >= 15 is 0 Å². The molecule has 0 N–H and O–H groups in total. The Hall–Kier alpha value is -1.88. The fourth-order valence-corrected chi connectivity index (χ4v) is 2.21. The Morgan fingerprint density at radius 2 is 2.05 bits per heavy atom. The Bertz CT molecular complexity index is 509. The Morgan fingerprint density at radius 3 is 2.68 bits per heavy atom. The predicted molar refractivity (Wildman–Crippen MR) is 80.0 cm³/mol. The molecule has 1 fully saturated rings. The third-order valence-corrected chi connectivity index (χ3v) is 3.54. The second kappa shape index (κ2) is 7.40. The average molecular weight is 306 g/mol. The number of benzene rings is 1. The summed E-state index contributed by atoms with van der Waals surface area (Å²) in [6, 6.07) is 9.84. The molecule has 1 aliphatic heterocycles. The van der Waals surface area contributed by atoms with Crippen molar-refractivity contribution in [2.75, 3.05) is 13.2 Å². The summed E-state index contributed by atoms with van der Waals surface area (Å²) < 4.78 is 15.7. The van der Waals surface area contributed by atoms with Crippen LogP contribution in [0.2, 0.25) is 0 Å². The van der Waals surface area contributed by atoms with Crippen LogP contribution in [0.15, 0.2) is 30.3 Å². The van der Waals surface area contributed by atoms with E-state index < -0.39 is 17.5 Å². The van der Waals surface area contributed by atoms with E-state index in [9.17, 15) is 9.59 Å². The summed E-state index contributed by atoms with van der Waals surface area (Å²) in [5.41, 5.74) is 0.636. The van der Waals surface area contributed by atoms with Crippen LogP contribution in [-0.4, -0.2) is 31.3 Å². The molecule has 1 aromatic carbocycles. The van der Waals surface area contributed by atoms with Crippen LogP contribution in [0.1, 0.15) is 32.3 Å². The van der Waals surface area contributed by atoms with Crippen molar-refractivity contribution in [1.29, 1.82) is 0 Å². The zero-order chi connectivity index (χ0) is 16.0. The van der Waals surface area contributed by atoms with Crippen molar-refractivity contribution in [3.05, 3.63) is 35.9 Å². The minimum absolute atomic E-state index is 0.231. The van der Waals surface area contributed by atoms with E-state index in [1.54, 1.807) is 0 Å². The largest absolute Gasteiger partial charge is 0.462 e. The van der Waals surface area contributed by atoms with Gasteiger partial charge in [-0.2, -0.15) is 0 Å². The van der Waals surface area contributed by atoms with Crippen LogP contribution in [-0.2, 0) is 30.4 Å². The molecule has 5 heteroatoms. The first-order valence-corrected chi connectivity index (χ1v) is 7.47. The van der Waals surface area contributed by atoms with Gasteiger partial charge in [0.2, 0.25) is 6.10 Å². The van der Waals surface area contributed by atoms with Crippen molar-refractivity contribution < 1.29 is 23.8 Å². The molecule has 0 bridgehead atoms. The van der Waals surface area contributed by atoms with Crippen molar-refractivity contribution >= 4 is 11.9 Å². The van der Waals surface area contributed by atoms with Gasteiger partial charge in [0.25, 0.3) is 0 Å². The number of ether oxygens (including phenoxy) is 3. The molecule has 0 amide bonds. The van der Waals surface area contributed by atoms with Gasteiger partial charge in [-0.15, -0.1) is 0 Å². The maximum Gasteiger partial charge on any atom is 0.348 e. The van der Waals surface area contributed by atoms with Crippen molar-refractivity contribution in [3.8, 4) is 0 Å². The van der Waals surface area contributed by atoms with Crippen LogP contribution in [0.3, 0.4) is 0 Å². The summed E-state index contributed by atoms with van der Waals surface area (Å²) in [6.45, 7) is 4.97. The van der Waals surface area contributed by atoms with E-state index in [2.05, 4.69) is 0 Å². The lowest BCUT2D eigenvalue weighted by Crippen LogP contribution is -2.34. The zero-order valence-corrected chi connectivity index (χ0v) is 13.0. The molecule has 0 aromatic heterocycles. The van der Waals surface area contributed by atoms with Crippen LogP contribution < -0.4 is 0 Å². The van der Waals surface area contributed by atoms with Gasteiger partial charge in [0.15, 0.2) is 0 Å². The number of carbonyl (C=O) groups is 2. The SMILES string of the molecule is CC1(C)COC(=O)[C@@H]1OC(=O)CCCOCc1ccccc1. The van der Waals surface area contributed by atoms with Gasteiger partial charge < -0.3 is 14.2 Å². The fourth-order valence-electron chi connectivity index (χ4n) is 2.21. The van der Waals surface area contributed by atoms with Gasteiger partial charge in [0.05, 0.1) is 6.61 Å². The molecule has 0 unspecified atom stereocenters. The Morgan fingerprint density at radius 1 is 1.32 bits per heavy atom. The first-order valence-electron chi connectivity index (χ1n) is 7.47. The van der Waals surface area contributed by atoms with Crippen molar-refractivity contribution in [3.63, 3.8) is 0 Å². The normalized spacial score (nSPS) is 19.7. The molecular weight excluding hydrogens is 284 g/mol. The molecule has 2 rings (SSSR count). The Kier molecular flexibility index (Phi) is 5.55. The van der Waals surface area contributed by atoms with E-state index in [1.807, 2.05) is 44.2 Å². The highest BCUT2D eigenvalue weighted by molar-refractivity contribution is 5.81. The number of rotatable bonds is 7. The highest BCUT2D eigenvalue weighted by atomic mass is 16.6. The summed E-state index contributed by atoms with van der Waals surface area (Å²) in [7, 11) is 0. The van der Waals surface area contributed by atoms with Gasteiger partial charge in [-0.1, -0.05) is 44.2 Å². The van der Waals surface area contributed by atoms with Crippen LogP contribution in [0.25, 0.3) is 0 Å². The topological polar surface area (TPSA) is 61.8 Å². The lowest BCUT2D eigenvalue weighted by molar-refractivity contribution is -0.163. The highest BCUT2D eigenvalue weighted by Gasteiger charge is 2.46. The van der Waals surface area contributed by atoms with Gasteiger partial charge in [0.1, 0.15) is 6.61 Å². The zero-order valence-electron chi connectivity index (χ0n) is 13.0. The van der Waals surface area contributed by atoms with Crippen LogP contribution >= 0.6 is 0 Å². The lowest BCUT2D eigenvalue weighted by Gasteiger charge is -2.21. The van der Waals surface area contributed by atoms with E-state index in [1.165, 1.54) is 0 Å². The second-order valence-corrected chi connectivity index (χ2v) is 6.11. The molecule has 0 aliphatic carbocycles. The first-order chi connectivity index (χ1) is 10.5. The maximum atomic E-state index is 11.8. The minimum Gasteiger partial charge on any atom is -0.462 e. The Labute approximate surface area is 130 Å². The second-order valence-electron chi connectivity index (χ2n) is 6.11. The molecule has 1 aliphatic rings. The number of carbonyl (C=O) groups excluding carboxylic acids is 2. The van der Waals surface area contributed by atoms with Gasteiger partial charge >= 0.3 is 11.9 Å². The van der Waals surface area contributed by atoms with E-state index in [0.717, 1.165) is 5.56 Å². The number of cyclic esters (lactones) is 1. The van der Waals surface area contributed by atoms with Crippen LogP contribution in [0.5, 0.6) is 0 Å². The van der Waals surface area contributed by atoms with Crippen LogP contribution in [0.4, 0.5) is 0 Å². The van der Waals surface area contributed by atoms with Crippen LogP contribution in [0, 0.1) is 5.41 Å². The predicted octanol–water partition coefficient (Wildman–Crippen LogP) is 2.48. The highest BCUT2D eigenvalue weighted by Crippen LogP contribution is 2.31. The summed E-state index contributed by atoms with van der Waals surface area (Å²) >= 11 is 0. The molecule has 0 saturated carbocycles. The smallest absolute Gasteiger partial charge is 0.348 e. The summed E-state index contributed by atoms with van der Waals surface area (Å²) in [4.78, 5) is 23.3. The monoisotopic (exact) mass is 306 g/mol.